The van der Waals surface area contributed by atoms with Gasteiger partial charge in [0.05, 0.1) is 0 Å². The van der Waals surface area contributed by atoms with Crippen LogP contribution in [0.15, 0.2) is 12.2 Å². The fourth-order valence-electron chi connectivity index (χ4n) is 0.318. The molecular weight excluding hydrogens is 155 g/mol. The minimum Gasteiger partial charge on any atom is -0.385 e. The van der Waals surface area contributed by atoms with Crippen molar-refractivity contribution in [1.82, 2.24) is 0 Å². The van der Waals surface area contributed by atoms with Crippen LogP contribution in [0.4, 0.5) is 0 Å². The summed E-state index contributed by atoms with van der Waals surface area (Å²) < 4.78 is 19.1. The van der Waals surface area contributed by atoms with Crippen molar-refractivity contribution in [3.8, 4) is 0 Å². The average molecular weight is 161 g/mol. The van der Waals surface area contributed by atoms with Gasteiger partial charge in [0, 0.05) is 5.57 Å². The van der Waals surface area contributed by atoms with Crippen LogP contribution in [0.2, 0.25) is 0 Å². The van der Waals surface area contributed by atoms with Gasteiger partial charge in [0.2, 0.25) is 0 Å². The minimum atomic E-state index is -1.73. The molecule has 0 amide bonds. The van der Waals surface area contributed by atoms with Crippen LogP contribution >= 0.6 is 8.03 Å². The summed E-state index contributed by atoms with van der Waals surface area (Å²) in [4.78, 5) is 10.6. The summed E-state index contributed by atoms with van der Waals surface area (Å²) in [6, 6.07) is -0.820. The molecule has 1 heterocycles. The van der Waals surface area contributed by atoms with Gasteiger partial charge >= 0.3 is 20.0 Å². The highest BCUT2D eigenvalue weighted by Crippen LogP contribution is 2.50. The third kappa shape index (κ3) is 1.62. The van der Waals surface area contributed by atoms with E-state index in [1.54, 1.807) is 0 Å². The highest BCUT2D eigenvalue weighted by molar-refractivity contribution is 7.46. The van der Waals surface area contributed by atoms with E-state index in [0.717, 1.165) is 0 Å². The van der Waals surface area contributed by atoms with Crippen LogP contribution in [-0.2, 0) is 18.6 Å². The molecule has 2 unspecified atom stereocenters. The van der Waals surface area contributed by atoms with Crippen LogP contribution in [0.25, 0.3) is 0 Å². The Balaban J connectivity index is 2.33. The van der Waals surface area contributed by atoms with Crippen molar-refractivity contribution in [2.24, 2.45) is 0 Å². The van der Waals surface area contributed by atoms with Gasteiger partial charge in [0.15, 0.2) is 0 Å². The molecule has 0 radical (unpaired) electrons. The first-order valence-electron chi connectivity index (χ1n) is 2.61. The van der Waals surface area contributed by atoms with Gasteiger partial charge in [-0.15, -0.1) is 0 Å². The van der Waals surface area contributed by atoms with Crippen molar-refractivity contribution < 1.29 is 18.6 Å². The topological polar surface area (TPSA) is 55.9 Å². The number of carbonyl (C=O) groups is 1. The van der Waals surface area contributed by atoms with Gasteiger partial charge in [-0.2, -0.15) is 0 Å². The second-order valence-electron chi connectivity index (χ2n) is 1.88. The zero-order valence-electron chi connectivity index (χ0n) is 5.36. The van der Waals surface area contributed by atoms with E-state index in [4.69, 9.17) is 0 Å². The molecule has 54 valence electrons. The van der Waals surface area contributed by atoms with E-state index in [1.165, 1.54) is 6.92 Å². The van der Waals surface area contributed by atoms with E-state index in [1.807, 2.05) is 0 Å². The van der Waals surface area contributed by atoms with E-state index < -0.39 is 20.0 Å². The average Bonchev–Trinajstić information content (AvgIpc) is 2.46. The van der Waals surface area contributed by atoms with Gasteiger partial charge in [-0.05, 0) is 16.0 Å². The molecule has 0 aliphatic carbocycles. The predicted octanol–water partition coefficient (Wildman–Crippen LogP) is 1.16. The fourth-order valence-corrected chi connectivity index (χ4v) is 0.782. The molecule has 0 aromatic heterocycles. The molecule has 0 saturated carbocycles. The molecule has 1 saturated heterocycles. The number of hydrogen-bond acceptors (Lipinski definition) is 4. The maximum Gasteiger partial charge on any atom is 0.598 e. The second kappa shape index (κ2) is 2.48. The van der Waals surface area contributed by atoms with Crippen LogP contribution < -0.4 is 0 Å². The third-order valence-electron chi connectivity index (χ3n) is 0.877. The fraction of sp³-hybridized carbons (Fsp3) is 0.400. The molecule has 10 heavy (non-hydrogen) atoms. The Morgan fingerprint density at radius 1 is 1.80 bits per heavy atom. The molecule has 0 N–H and O–H groups in total. The van der Waals surface area contributed by atoms with Crippen molar-refractivity contribution >= 4 is 14.0 Å². The third-order valence-corrected chi connectivity index (χ3v) is 1.62. The number of hydrogen-bond donors (Lipinski definition) is 0. The van der Waals surface area contributed by atoms with E-state index in [9.17, 15) is 9.36 Å². The van der Waals surface area contributed by atoms with Gasteiger partial charge < -0.3 is 4.74 Å². The molecular formula is C5H6O4P+. The molecule has 1 aliphatic rings. The van der Waals surface area contributed by atoms with E-state index in [-0.39, 0.29) is 5.57 Å². The molecule has 0 spiro atoms. The van der Waals surface area contributed by atoms with Gasteiger partial charge in [-0.3, -0.25) is 0 Å². The van der Waals surface area contributed by atoms with Crippen LogP contribution in [0.3, 0.4) is 0 Å². The lowest BCUT2D eigenvalue weighted by Crippen LogP contribution is -2.05. The van der Waals surface area contributed by atoms with Crippen molar-refractivity contribution in [2.75, 3.05) is 0 Å². The molecule has 5 heteroatoms. The maximum absolute atomic E-state index is 10.6. The normalized spacial score (nSPS) is 25.7. The highest BCUT2D eigenvalue weighted by atomic mass is 31.1. The first-order chi connectivity index (χ1) is 4.61. The van der Waals surface area contributed by atoms with Crippen molar-refractivity contribution in [2.45, 2.75) is 13.0 Å². The zero-order valence-corrected chi connectivity index (χ0v) is 6.26. The van der Waals surface area contributed by atoms with Crippen molar-refractivity contribution in [3.63, 3.8) is 0 Å². The van der Waals surface area contributed by atoms with Crippen LogP contribution in [0.1, 0.15) is 6.92 Å². The van der Waals surface area contributed by atoms with Gasteiger partial charge in [-0.25, -0.2) is 4.79 Å². The predicted molar refractivity (Wildman–Crippen MR) is 33.4 cm³/mol. The van der Waals surface area contributed by atoms with E-state index >= 15 is 0 Å². The van der Waals surface area contributed by atoms with Gasteiger partial charge in [-0.1, -0.05) is 6.58 Å². The smallest absolute Gasteiger partial charge is 0.385 e. The molecule has 1 rings (SSSR count). The Hall–Kier alpha value is -0.730. The lowest BCUT2D eigenvalue weighted by Gasteiger charge is -1.91. The molecule has 2 atom stereocenters. The Kier molecular flexibility index (Phi) is 1.83. The molecule has 4 nitrogen and oxygen atoms in total. The Morgan fingerprint density at radius 3 is 2.60 bits per heavy atom. The Morgan fingerprint density at radius 2 is 2.30 bits per heavy atom. The van der Waals surface area contributed by atoms with Crippen LogP contribution in [0.5, 0.6) is 0 Å². The van der Waals surface area contributed by atoms with Crippen molar-refractivity contribution in [3.05, 3.63) is 12.2 Å². The molecule has 1 aliphatic heterocycles. The molecule has 0 aromatic rings. The summed E-state index contributed by atoms with van der Waals surface area (Å²) in [6.07, 6.45) is 0. The number of esters is 1. The van der Waals surface area contributed by atoms with Gasteiger partial charge in [0.25, 0.3) is 0 Å². The molecule has 1 fully saturated rings. The number of rotatable bonds is 2. The minimum absolute atomic E-state index is 0.277. The zero-order chi connectivity index (χ0) is 7.72. The first kappa shape index (κ1) is 7.38. The lowest BCUT2D eigenvalue weighted by molar-refractivity contribution is -0.143. The quantitative estimate of drug-likeness (QED) is 0.264. The standard InChI is InChI=1S/C5H6O4P/c1-3(2)4(6)8-5-9-10(5)7/h5H,1H2,2H3/q+1. The SMILES string of the molecule is C=C(C)C(=O)OC1O[P+]1=O. The summed E-state index contributed by atoms with van der Waals surface area (Å²) in [5, 5.41) is 0. The van der Waals surface area contributed by atoms with Crippen LogP contribution in [-0.4, -0.2) is 12.0 Å². The second-order valence-corrected chi connectivity index (χ2v) is 3.09. The Bertz CT molecular complexity index is 210. The summed E-state index contributed by atoms with van der Waals surface area (Å²) in [6.45, 7) is 4.85. The summed E-state index contributed by atoms with van der Waals surface area (Å²) in [7, 11) is -1.73. The first-order valence-corrected chi connectivity index (χ1v) is 3.85. The molecule has 0 bridgehead atoms. The molecule has 0 aromatic carbocycles. The largest absolute Gasteiger partial charge is 0.598 e. The van der Waals surface area contributed by atoms with E-state index in [0.29, 0.717) is 0 Å². The van der Waals surface area contributed by atoms with Crippen LogP contribution in [0, 0.1) is 0 Å². The van der Waals surface area contributed by atoms with Gasteiger partial charge in [0.1, 0.15) is 0 Å². The summed E-state index contributed by atoms with van der Waals surface area (Å²) in [5.74, 6) is -0.564. The number of carbonyl (C=O) groups excluding carboxylic acids is 1. The number of ether oxygens (including phenoxy) is 1. The monoisotopic (exact) mass is 161 g/mol. The van der Waals surface area contributed by atoms with E-state index in [2.05, 4.69) is 15.8 Å². The van der Waals surface area contributed by atoms with Crippen molar-refractivity contribution in [1.29, 1.82) is 0 Å². The summed E-state index contributed by atoms with van der Waals surface area (Å²) in [5.41, 5.74) is 0.277. The Labute approximate surface area is 58.7 Å². The maximum atomic E-state index is 10.6. The highest BCUT2D eigenvalue weighted by Gasteiger charge is 2.61. The summed E-state index contributed by atoms with van der Waals surface area (Å²) >= 11 is 0. The lowest BCUT2D eigenvalue weighted by atomic mass is 10.4.